The summed E-state index contributed by atoms with van der Waals surface area (Å²) < 4.78 is 6.02. The summed E-state index contributed by atoms with van der Waals surface area (Å²) in [6, 6.07) is 11.2. The Kier molecular flexibility index (Phi) is 6.08. The first kappa shape index (κ1) is 18.2. The van der Waals surface area contributed by atoms with Crippen molar-refractivity contribution in [2.45, 2.75) is 19.3 Å². The minimum atomic E-state index is -0.636. The quantitative estimate of drug-likeness (QED) is 0.628. The molecule has 0 radical (unpaired) electrons. The van der Waals surface area contributed by atoms with Gasteiger partial charge in [-0.15, -0.1) is 22.7 Å². The zero-order valence-corrected chi connectivity index (χ0v) is 15.4. The molecule has 0 fully saturated rings. The number of carbonyl (C=O) groups excluding carboxylic acids is 3. The largest absolute Gasteiger partial charge is 0.456 e. The van der Waals surface area contributed by atoms with Crippen LogP contribution in [0.3, 0.4) is 0 Å². The lowest BCUT2D eigenvalue weighted by molar-refractivity contribution is -0.148. The number of fused-ring (bicyclic) bond motifs is 1. The number of thiophene rings is 1. The minimum Gasteiger partial charge on any atom is -0.456 e. The highest BCUT2D eigenvalue weighted by atomic mass is 32.1. The van der Waals surface area contributed by atoms with E-state index < -0.39 is 24.4 Å². The highest BCUT2D eigenvalue weighted by molar-refractivity contribution is 7.18. The molecule has 8 heteroatoms. The van der Waals surface area contributed by atoms with E-state index >= 15 is 0 Å². The van der Waals surface area contributed by atoms with Gasteiger partial charge in [-0.1, -0.05) is 18.2 Å². The van der Waals surface area contributed by atoms with Crippen LogP contribution in [-0.2, 0) is 20.7 Å². The van der Waals surface area contributed by atoms with Crippen molar-refractivity contribution >= 4 is 50.7 Å². The van der Waals surface area contributed by atoms with Crippen molar-refractivity contribution in [1.29, 1.82) is 0 Å². The molecule has 2 aromatic heterocycles. The lowest BCUT2D eigenvalue weighted by Gasteiger charge is -2.04. The number of esters is 1. The van der Waals surface area contributed by atoms with Crippen LogP contribution in [0.1, 0.15) is 27.5 Å². The second-order valence-electron chi connectivity index (χ2n) is 5.44. The van der Waals surface area contributed by atoms with Crippen LogP contribution in [0.2, 0.25) is 0 Å². The number of para-hydroxylation sites is 1. The van der Waals surface area contributed by atoms with Crippen LogP contribution in [0.4, 0.5) is 0 Å². The van der Waals surface area contributed by atoms with E-state index in [4.69, 9.17) is 4.74 Å². The molecule has 0 atom stereocenters. The topological polar surface area (TPSA) is 85.4 Å². The zero-order valence-electron chi connectivity index (χ0n) is 13.8. The van der Waals surface area contributed by atoms with E-state index in [0.29, 0.717) is 17.7 Å². The van der Waals surface area contributed by atoms with E-state index in [2.05, 4.69) is 10.3 Å². The number of hydrogen-bond donors (Lipinski definition) is 1. The first-order valence-electron chi connectivity index (χ1n) is 7.99. The summed E-state index contributed by atoms with van der Waals surface area (Å²) in [6.07, 6.45) is 1.47. The van der Waals surface area contributed by atoms with Gasteiger partial charge in [0.2, 0.25) is 0 Å². The predicted octanol–water partition coefficient (Wildman–Crippen LogP) is 3.18. The van der Waals surface area contributed by atoms with Crippen molar-refractivity contribution in [2.75, 3.05) is 6.61 Å². The molecule has 0 aliphatic carbocycles. The molecule has 2 amide bonds. The van der Waals surface area contributed by atoms with Gasteiger partial charge in [0, 0.05) is 6.42 Å². The van der Waals surface area contributed by atoms with E-state index in [-0.39, 0.29) is 6.42 Å². The molecule has 3 aromatic rings. The Hall–Kier alpha value is -2.58. The lowest BCUT2D eigenvalue weighted by atomic mass is 10.2. The molecule has 0 unspecified atom stereocenters. The number of aryl methyl sites for hydroxylation is 1. The number of amides is 2. The molecular formula is C18H16N2O4S2. The fraction of sp³-hybridized carbons (Fsp3) is 0.222. The number of imide groups is 1. The summed E-state index contributed by atoms with van der Waals surface area (Å²) in [5, 5.41) is 4.89. The summed E-state index contributed by atoms with van der Waals surface area (Å²) in [4.78, 5) is 40.0. The number of nitrogens with zero attached hydrogens (tertiary/aromatic N) is 1. The molecule has 0 aliphatic rings. The fourth-order valence-corrected chi connectivity index (χ4v) is 3.89. The average Bonchev–Trinajstić information content (AvgIpc) is 3.29. The van der Waals surface area contributed by atoms with Gasteiger partial charge in [0.25, 0.3) is 11.8 Å². The number of benzene rings is 1. The van der Waals surface area contributed by atoms with Gasteiger partial charge < -0.3 is 4.74 Å². The van der Waals surface area contributed by atoms with Crippen LogP contribution >= 0.6 is 22.7 Å². The molecule has 1 N–H and O–H groups in total. The van der Waals surface area contributed by atoms with Crippen molar-refractivity contribution in [1.82, 2.24) is 10.3 Å². The summed E-state index contributed by atoms with van der Waals surface area (Å²) in [6.45, 7) is -0.461. The maximum Gasteiger partial charge on any atom is 0.306 e. The number of aromatic nitrogens is 1. The van der Waals surface area contributed by atoms with Crippen LogP contribution in [0.5, 0.6) is 0 Å². The van der Waals surface area contributed by atoms with Crippen LogP contribution in [0, 0.1) is 0 Å². The second kappa shape index (κ2) is 8.68. The normalized spacial score (nSPS) is 10.6. The van der Waals surface area contributed by atoms with Gasteiger partial charge in [-0.05, 0) is 36.4 Å². The number of carbonyl (C=O) groups is 3. The van der Waals surface area contributed by atoms with Crippen molar-refractivity contribution in [2.24, 2.45) is 0 Å². The van der Waals surface area contributed by atoms with Crippen molar-refractivity contribution in [3.8, 4) is 0 Å². The Bertz CT molecular complexity index is 885. The lowest BCUT2D eigenvalue weighted by Crippen LogP contribution is -2.33. The number of nitrogens with one attached hydrogen (secondary N) is 1. The highest BCUT2D eigenvalue weighted by Gasteiger charge is 2.13. The predicted molar refractivity (Wildman–Crippen MR) is 100 cm³/mol. The Morgan fingerprint density at radius 3 is 2.73 bits per heavy atom. The number of ether oxygens (including phenoxy) is 1. The highest BCUT2D eigenvalue weighted by Crippen LogP contribution is 2.22. The van der Waals surface area contributed by atoms with E-state index in [0.717, 1.165) is 15.2 Å². The van der Waals surface area contributed by atoms with E-state index in [1.807, 2.05) is 24.3 Å². The standard InChI is InChI=1S/C18H16N2O4S2/c21-15(20-18(23)14-7-4-10-25-14)11-24-17(22)9-3-8-16-19-12-5-1-2-6-13(12)26-16/h1-2,4-7,10H,3,8-9,11H2,(H,20,21,23). The summed E-state index contributed by atoms with van der Waals surface area (Å²) in [5.74, 6) is -1.59. The Balaban J connectivity index is 1.36. The zero-order chi connectivity index (χ0) is 18.4. The number of rotatable bonds is 7. The maximum atomic E-state index is 11.7. The first-order valence-corrected chi connectivity index (χ1v) is 9.69. The second-order valence-corrected chi connectivity index (χ2v) is 7.51. The smallest absolute Gasteiger partial charge is 0.306 e. The molecule has 134 valence electrons. The molecule has 0 bridgehead atoms. The Labute approximate surface area is 157 Å². The maximum absolute atomic E-state index is 11.7. The van der Waals surface area contributed by atoms with Crippen molar-refractivity contribution in [3.05, 3.63) is 51.7 Å². The third-order valence-electron chi connectivity index (χ3n) is 3.47. The van der Waals surface area contributed by atoms with Gasteiger partial charge in [-0.3, -0.25) is 19.7 Å². The molecular weight excluding hydrogens is 372 g/mol. The molecule has 3 rings (SSSR count). The van der Waals surface area contributed by atoms with E-state index in [1.165, 1.54) is 11.3 Å². The molecule has 2 heterocycles. The number of thiazole rings is 1. The van der Waals surface area contributed by atoms with Crippen LogP contribution in [-0.4, -0.2) is 29.4 Å². The molecule has 0 saturated carbocycles. The van der Waals surface area contributed by atoms with Crippen LogP contribution in [0.15, 0.2) is 41.8 Å². The Morgan fingerprint density at radius 1 is 1.12 bits per heavy atom. The van der Waals surface area contributed by atoms with Crippen molar-refractivity contribution in [3.63, 3.8) is 0 Å². The van der Waals surface area contributed by atoms with Gasteiger partial charge in [0.05, 0.1) is 20.1 Å². The van der Waals surface area contributed by atoms with Gasteiger partial charge in [-0.25, -0.2) is 4.98 Å². The monoisotopic (exact) mass is 388 g/mol. The molecule has 0 saturated heterocycles. The average molecular weight is 388 g/mol. The van der Waals surface area contributed by atoms with Crippen molar-refractivity contribution < 1.29 is 19.1 Å². The third kappa shape index (κ3) is 4.96. The van der Waals surface area contributed by atoms with E-state index in [1.54, 1.807) is 28.8 Å². The summed E-state index contributed by atoms with van der Waals surface area (Å²) >= 11 is 2.84. The Morgan fingerprint density at radius 2 is 1.96 bits per heavy atom. The van der Waals surface area contributed by atoms with Gasteiger partial charge >= 0.3 is 5.97 Å². The third-order valence-corrected chi connectivity index (χ3v) is 5.44. The van der Waals surface area contributed by atoms with Crippen LogP contribution in [0.25, 0.3) is 10.2 Å². The number of hydrogen-bond acceptors (Lipinski definition) is 7. The summed E-state index contributed by atoms with van der Waals surface area (Å²) in [5.41, 5.74) is 0.960. The molecule has 26 heavy (non-hydrogen) atoms. The van der Waals surface area contributed by atoms with Crippen LogP contribution < -0.4 is 5.32 Å². The SMILES string of the molecule is O=C(COC(=O)CCCc1nc2ccccc2s1)NC(=O)c1cccs1. The minimum absolute atomic E-state index is 0.197. The molecule has 0 aliphatic heterocycles. The van der Waals surface area contributed by atoms with Gasteiger partial charge in [-0.2, -0.15) is 0 Å². The molecule has 0 spiro atoms. The fourth-order valence-electron chi connectivity index (χ4n) is 2.26. The van der Waals surface area contributed by atoms with Gasteiger partial charge in [0.1, 0.15) is 0 Å². The van der Waals surface area contributed by atoms with E-state index in [9.17, 15) is 14.4 Å². The first-order chi connectivity index (χ1) is 12.6. The molecule has 6 nitrogen and oxygen atoms in total. The van der Waals surface area contributed by atoms with Gasteiger partial charge in [0.15, 0.2) is 6.61 Å². The summed E-state index contributed by atoms with van der Waals surface area (Å²) in [7, 11) is 0. The molecule has 1 aromatic carbocycles.